The van der Waals surface area contributed by atoms with Crippen LogP contribution in [0, 0.1) is 17.8 Å². The Kier molecular flexibility index (Phi) is 2.07. The van der Waals surface area contributed by atoms with E-state index in [0.717, 1.165) is 18.8 Å². The van der Waals surface area contributed by atoms with Gasteiger partial charge in [-0.15, -0.1) is 0 Å². The number of carboxylic acids is 1. The first-order valence-electron chi connectivity index (χ1n) is 5.00. The van der Waals surface area contributed by atoms with E-state index in [-0.39, 0.29) is 5.92 Å². The Hall–Kier alpha value is -0.530. The molecular formula is C10H16O2. The van der Waals surface area contributed by atoms with Crippen LogP contribution in [0.2, 0.25) is 0 Å². The minimum atomic E-state index is -0.549. The van der Waals surface area contributed by atoms with Crippen molar-refractivity contribution in [1.29, 1.82) is 0 Å². The summed E-state index contributed by atoms with van der Waals surface area (Å²) in [5.41, 5.74) is 0. The third-order valence-electron chi connectivity index (χ3n) is 3.61. The van der Waals surface area contributed by atoms with E-state index in [0.29, 0.717) is 5.92 Å². The van der Waals surface area contributed by atoms with Crippen molar-refractivity contribution < 1.29 is 9.90 Å². The molecule has 1 N–H and O–H groups in total. The van der Waals surface area contributed by atoms with Gasteiger partial charge in [-0.2, -0.15) is 0 Å². The van der Waals surface area contributed by atoms with Gasteiger partial charge in [0.1, 0.15) is 0 Å². The third-order valence-corrected chi connectivity index (χ3v) is 3.61. The highest BCUT2D eigenvalue weighted by Crippen LogP contribution is 2.42. The lowest BCUT2D eigenvalue weighted by molar-refractivity contribution is -0.145. The number of carboxylic acid groups (broad SMARTS) is 1. The molecule has 0 heterocycles. The lowest BCUT2D eigenvalue weighted by Gasteiger charge is -2.29. The molecule has 0 aromatic carbocycles. The second-order valence-electron chi connectivity index (χ2n) is 4.31. The smallest absolute Gasteiger partial charge is 0.306 e. The molecule has 3 fully saturated rings. The Labute approximate surface area is 73.0 Å². The SMILES string of the molecule is O=C(O)[C@@H]1CC2CCCC1CC2. The molecule has 68 valence electrons. The van der Waals surface area contributed by atoms with Crippen LogP contribution < -0.4 is 0 Å². The molecule has 0 spiro atoms. The maximum Gasteiger partial charge on any atom is 0.306 e. The summed E-state index contributed by atoms with van der Waals surface area (Å²) in [6.45, 7) is 0. The fraction of sp³-hybridized carbons (Fsp3) is 0.900. The van der Waals surface area contributed by atoms with Crippen LogP contribution in [-0.2, 0) is 4.79 Å². The molecule has 3 aliphatic carbocycles. The number of fused-ring (bicyclic) bond motifs is 4. The topological polar surface area (TPSA) is 37.3 Å². The van der Waals surface area contributed by atoms with Gasteiger partial charge >= 0.3 is 5.97 Å². The van der Waals surface area contributed by atoms with Gasteiger partial charge in [-0.05, 0) is 31.1 Å². The quantitative estimate of drug-likeness (QED) is 0.652. The predicted molar refractivity (Wildman–Crippen MR) is 45.8 cm³/mol. The number of hydrogen-bond donors (Lipinski definition) is 1. The van der Waals surface area contributed by atoms with E-state index in [1.165, 1.54) is 25.7 Å². The van der Waals surface area contributed by atoms with Gasteiger partial charge in [-0.25, -0.2) is 0 Å². The maximum absolute atomic E-state index is 10.9. The molecule has 2 bridgehead atoms. The van der Waals surface area contributed by atoms with Gasteiger partial charge in [0.25, 0.3) is 0 Å². The van der Waals surface area contributed by atoms with Crippen LogP contribution >= 0.6 is 0 Å². The van der Waals surface area contributed by atoms with Crippen molar-refractivity contribution in [2.75, 3.05) is 0 Å². The maximum atomic E-state index is 10.9. The molecule has 2 unspecified atom stereocenters. The molecule has 0 radical (unpaired) electrons. The van der Waals surface area contributed by atoms with E-state index < -0.39 is 5.97 Å². The predicted octanol–water partition coefficient (Wildman–Crippen LogP) is 2.29. The molecule has 12 heavy (non-hydrogen) atoms. The summed E-state index contributed by atoms with van der Waals surface area (Å²) >= 11 is 0. The molecule has 3 atom stereocenters. The Morgan fingerprint density at radius 2 is 2.00 bits per heavy atom. The van der Waals surface area contributed by atoms with Crippen molar-refractivity contribution in [3.8, 4) is 0 Å². The molecule has 0 saturated heterocycles. The average molecular weight is 168 g/mol. The van der Waals surface area contributed by atoms with Gasteiger partial charge in [0.05, 0.1) is 5.92 Å². The van der Waals surface area contributed by atoms with Crippen LogP contribution in [0.3, 0.4) is 0 Å². The molecule has 0 amide bonds. The van der Waals surface area contributed by atoms with E-state index in [1.54, 1.807) is 0 Å². The standard InChI is InChI=1S/C10H16O2/c11-10(12)9-6-7-2-1-3-8(9)5-4-7/h7-9H,1-6H2,(H,11,12)/t7?,8?,9-/m1/s1. The highest BCUT2D eigenvalue weighted by molar-refractivity contribution is 5.70. The van der Waals surface area contributed by atoms with Gasteiger partial charge < -0.3 is 5.11 Å². The van der Waals surface area contributed by atoms with Crippen LogP contribution in [0.5, 0.6) is 0 Å². The van der Waals surface area contributed by atoms with Crippen molar-refractivity contribution in [1.82, 2.24) is 0 Å². The van der Waals surface area contributed by atoms with Crippen molar-refractivity contribution in [3.05, 3.63) is 0 Å². The van der Waals surface area contributed by atoms with Gasteiger partial charge in [0.15, 0.2) is 0 Å². The minimum absolute atomic E-state index is 0.00810. The van der Waals surface area contributed by atoms with Crippen molar-refractivity contribution in [3.63, 3.8) is 0 Å². The summed E-state index contributed by atoms with van der Waals surface area (Å²) in [5.74, 6) is 0.670. The summed E-state index contributed by atoms with van der Waals surface area (Å²) in [6.07, 6.45) is 7.11. The molecule has 3 aliphatic rings. The zero-order valence-corrected chi connectivity index (χ0v) is 7.33. The molecule has 3 saturated carbocycles. The van der Waals surface area contributed by atoms with Crippen molar-refractivity contribution in [2.45, 2.75) is 38.5 Å². The zero-order chi connectivity index (χ0) is 8.55. The summed E-state index contributed by atoms with van der Waals surface area (Å²) in [6, 6.07) is 0. The van der Waals surface area contributed by atoms with E-state index >= 15 is 0 Å². The normalized spacial score (nSPS) is 40.8. The number of carbonyl (C=O) groups is 1. The van der Waals surface area contributed by atoms with Gasteiger partial charge in [-0.1, -0.05) is 19.3 Å². The minimum Gasteiger partial charge on any atom is -0.481 e. The molecule has 2 nitrogen and oxygen atoms in total. The van der Waals surface area contributed by atoms with Crippen molar-refractivity contribution in [2.24, 2.45) is 17.8 Å². The number of aliphatic carboxylic acids is 1. The zero-order valence-electron chi connectivity index (χ0n) is 7.33. The fourth-order valence-electron chi connectivity index (χ4n) is 2.90. The van der Waals surface area contributed by atoms with E-state index in [4.69, 9.17) is 5.11 Å². The first-order valence-corrected chi connectivity index (χ1v) is 5.00. The van der Waals surface area contributed by atoms with Crippen LogP contribution in [-0.4, -0.2) is 11.1 Å². The number of hydrogen-bond acceptors (Lipinski definition) is 1. The largest absolute Gasteiger partial charge is 0.481 e. The first-order chi connectivity index (χ1) is 5.77. The molecule has 2 heteroatoms. The summed E-state index contributed by atoms with van der Waals surface area (Å²) in [7, 11) is 0. The van der Waals surface area contributed by atoms with Gasteiger partial charge in [0, 0.05) is 0 Å². The highest BCUT2D eigenvalue weighted by atomic mass is 16.4. The molecular weight excluding hydrogens is 152 g/mol. The van der Waals surface area contributed by atoms with E-state index in [1.807, 2.05) is 0 Å². The fourth-order valence-corrected chi connectivity index (χ4v) is 2.90. The molecule has 0 aromatic heterocycles. The Morgan fingerprint density at radius 3 is 2.75 bits per heavy atom. The Morgan fingerprint density at radius 1 is 1.17 bits per heavy atom. The lowest BCUT2D eigenvalue weighted by Crippen LogP contribution is -2.28. The second kappa shape index (κ2) is 3.08. The lowest BCUT2D eigenvalue weighted by atomic mass is 9.75. The van der Waals surface area contributed by atoms with Crippen molar-refractivity contribution >= 4 is 5.97 Å². The van der Waals surface area contributed by atoms with Crippen LogP contribution in [0.1, 0.15) is 38.5 Å². The molecule has 3 rings (SSSR count). The second-order valence-corrected chi connectivity index (χ2v) is 4.31. The van der Waals surface area contributed by atoms with E-state index in [2.05, 4.69) is 0 Å². The van der Waals surface area contributed by atoms with Gasteiger partial charge in [0.2, 0.25) is 0 Å². The van der Waals surface area contributed by atoms with Crippen LogP contribution in [0.25, 0.3) is 0 Å². The summed E-state index contributed by atoms with van der Waals surface area (Å²) < 4.78 is 0. The molecule has 0 aliphatic heterocycles. The Balaban J connectivity index is 2.11. The summed E-state index contributed by atoms with van der Waals surface area (Å²) in [4.78, 5) is 10.9. The monoisotopic (exact) mass is 168 g/mol. The first kappa shape index (κ1) is 8.09. The van der Waals surface area contributed by atoms with Crippen LogP contribution in [0.4, 0.5) is 0 Å². The third kappa shape index (κ3) is 1.35. The molecule has 0 aromatic rings. The average Bonchev–Trinajstić information content (AvgIpc) is 2.36. The number of rotatable bonds is 1. The Bertz CT molecular complexity index is 184. The van der Waals surface area contributed by atoms with Gasteiger partial charge in [-0.3, -0.25) is 4.79 Å². The van der Waals surface area contributed by atoms with E-state index in [9.17, 15) is 4.79 Å². The van der Waals surface area contributed by atoms with Crippen LogP contribution in [0.15, 0.2) is 0 Å². The summed E-state index contributed by atoms with van der Waals surface area (Å²) in [5, 5.41) is 8.99. The highest BCUT2D eigenvalue weighted by Gasteiger charge is 2.36.